The van der Waals surface area contributed by atoms with Gasteiger partial charge in [-0.2, -0.15) is 0 Å². The van der Waals surface area contributed by atoms with Crippen molar-refractivity contribution in [3.63, 3.8) is 0 Å². The summed E-state index contributed by atoms with van der Waals surface area (Å²) in [6.07, 6.45) is 1.00. The Morgan fingerprint density at radius 1 is 0.893 bits per heavy atom. The van der Waals surface area contributed by atoms with E-state index >= 15 is 0 Å². The highest BCUT2D eigenvalue weighted by Gasteiger charge is 2.30. The zero-order chi connectivity index (χ0) is 22.0. The molecule has 0 aromatic heterocycles. The Labute approximate surface area is 165 Å². The normalized spacial score (nSPS) is 16.4. The van der Waals surface area contributed by atoms with Crippen LogP contribution >= 0.6 is 0 Å². The van der Waals surface area contributed by atoms with E-state index in [0.717, 1.165) is 0 Å². The number of carboxylic acid groups (broad SMARTS) is 1. The lowest BCUT2D eigenvalue weighted by molar-refractivity contribution is -0.142. The molecule has 0 radical (unpaired) electrons. The molecule has 10 heteroatoms. The molecule has 0 bridgehead atoms. The van der Waals surface area contributed by atoms with Crippen molar-refractivity contribution in [2.24, 2.45) is 17.6 Å². The van der Waals surface area contributed by atoms with Gasteiger partial charge in [0, 0.05) is 0 Å². The highest BCUT2D eigenvalue weighted by molar-refractivity contribution is 5.94. The smallest absolute Gasteiger partial charge is 0.325 e. The molecule has 5 atom stereocenters. The highest BCUT2D eigenvalue weighted by atomic mass is 16.4. The Bertz CT molecular complexity index is 554. The molecule has 28 heavy (non-hydrogen) atoms. The maximum atomic E-state index is 12.6. The van der Waals surface area contributed by atoms with Gasteiger partial charge in [0.1, 0.15) is 18.1 Å². The minimum absolute atomic E-state index is 0.0595. The number of amides is 3. The van der Waals surface area contributed by atoms with E-state index in [4.69, 9.17) is 10.8 Å². The lowest BCUT2D eigenvalue weighted by Gasteiger charge is -2.26. The van der Waals surface area contributed by atoms with Crippen molar-refractivity contribution < 1.29 is 29.4 Å². The summed E-state index contributed by atoms with van der Waals surface area (Å²) in [6.45, 7) is 8.00. The summed E-state index contributed by atoms with van der Waals surface area (Å²) in [7, 11) is 0. The summed E-state index contributed by atoms with van der Waals surface area (Å²) in [6, 6.07) is -4.25. The van der Waals surface area contributed by atoms with Crippen LogP contribution in [0.5, 0.6) is 0 Å². The molecular formula is C18H34N4O6. The van der Waals surface area contributed by atoms with Crippen LogP contribution in [0.3, 0.4) is 0 Å². The summed E-state index contributed by atoms with van der Waals surface area (Å²) >= 11 is 0. The predicted octanol–water partition coefficient (Wildman–Crippen LogP) is -1.04. The molecule has 0 rings (SSSR count). The molecule has 0 aliphatic rings. The number of aliphatic hydroxyl groups is 1. The van der Waals surface area contributed by atoms with Gasteiger partial charge in [0.2, 0.25) is 17.7 Å². The monoisotopic (exact) mass is 402 g/mol. The van der Waals surface area contributed by atoms with Gasteiger partial charge in [0.05, 0.1) is 12.6 Å². The lowest BCUT2D eigenvalue weighted by Crippen LogP contribution is -2.58. The van der Waals surface area contributed by atoms with Crippen molar-refractivity contribution in [1.29, 1.82) is 0 Å². The minimum Gasteiger partial charge on any atom is -0.480 e. The summed E-state index contributed by atoms with van der Waals surface area (Å²) < 4.78 is 0. The van der Waals surface area contributed by atoms with E-state index in [9.17, 15) is 24.3 Å². The van der Waals surface area contributed by atoms with Gasteiger partial charge in [0.25, 0.3) is 0 Å². The van der Waals surface area contributed by atoms with Gasteiger partial charge < -0.3 is 31.9 Å². The largest absolute Gasteiger partial charge is 0.480 e. The number of hydrogen-bond acceptors (Lipinski definition) is 6. The number of nitrogens with two attached hydrogens (primary N) is 1. The number of rotatable bonds is 12. The van der Waals surface area contributed by atoms with E-state index in [1.165, 1.54) is 6.92 Å². The van der Waals surface area contributed by atoms with Crippen LogP contribution in [0.15, 0.2) is 0 Å². The van der Waals surface area contributed by atoms with Gasteiger partial charge in [-0.1, -0.05) is 34.1 Å². The third kappa shape index (κ3) is 8.66. The van der Waals surface area contributed by atoms with Gasteiger partial charge in [-0.15, -0.1) is 0 Å². The zero-order valence-electron chi connectivity index (χ0n) is 17.2. The Kier molecular flexibility index (Phi) is 11.3. The third-order valence-corrected chi connectivity index (χ3v) is 4.44. The summed E-state index contributed by atoms with van der Waals surface area (Å²) in [4.78, 5) is 47.8. The van der Waals surface area contributed by atoms with E-state index in [1.807, 2.05) is 27.7 Å². The molecule has 0 spiro atoms. The van der Waals surface area contributed by atoms with Gasteiger partial charge in [-0.3, -0.25) is 19.2 Å². The molecule has 0 aromatic carbocycles. The second kappa shape index (κ2) is 12.3. The van der Waals surface area contributed by atoms with Crippen LogP contribution < -0.4 is 21.7 Å². The molecule has 162 valence electrons. The van der Waals surface area contributed by atoms with Gasteiger partial charge >= 0.3 is 5.97 Å². The predicted molar refractivity (Wildman–Crippen MR) is 103 cm³/mol. The van der Waals surface area contributed by atoms with E-state index in [1.54, 1.807) is 0 Å². The topological polar surface area (TPSA) is 171 Å². The fourth-order valence-corrected chi connectivity index (χ4v) is 2.33. The van der Waals surface area contributed by atoms with Crippen LogP contribution in [0.2, 0.25) is 0 Å². The average molecular weight is 402 g/mol. The molecule has 10 nitrogen and oxygen atoms in total. The van der Waals surface area contributed by atoms with E-state index < -0.39 is 54.5 Å². The number of carbonyl (C=O) groups is 4. The molecule has 0 saturated carbocycles. The first-order valence-electron chi connectivity index (χ1n) is 9.44. The molecule has 0 heterocycles. The quantitative estimate of drug-likeness (QED) is 0.242. The van der Waals surface area contributed by atoms with Crippen molar-refractivity contribution in [1.82, 2.24) is 16.0 Å². The molecule has 0 aromatic rings. The number of nitrogens with one attached hydrogen (secondary N) is 3. The SMILES string of the molecule is CCC(C)C(N)C(=O)NC(CC(C)C)C(=O)NC(CO)C(=O)NC(C)C(=O)O. The van der Waals surface area contributed by atoms with Gasteiger partial charge in [-0.05, 0) is 25.2 Å². The van der Waals surface area contributed by atoms with Crippen molar-refractivity contribution in [3.05, 3.63) is 0 Å². The second-order valence-electron chi connectivity index (χ2n) is 7.41. The van der Waals surface area contributed by atoms with Crippen molar-refractivity contribution >= 4 is 23.7 Å². The summed E-state index contributed by atoms with van der Waals surface area (Å²) in [5.74, 6) is -3.23. The van der Waals surface area contributed by atoms with Crippen LogP contribution in [0.25, 0.3) is 0 Å². The van der Waals surface area contributed by atoms with E-state index in [0.29, 0.717) is 12.8 Å². The standard InChI is InChI=1S/C18H34N4O6/c1-6-10(4)14(19)17(26)21-12(7-9(2)3)15(24)22-13(8-23)16(25)20-11(5)18(27)28/h9-14,23H,6-8,19H2,1-5H3,(H,20,25)(H,21,26)(H,22,24)(H,27,28). The van der Waals surface area contributed by atoms with Crippen LogP contribution in [-0.4, -0.2) is 64.7 Å². The number of hydrogen-bond donors (Lipinski definition) is 6. The van der Waals surface area contributed by atoms with Gasteiger partial charge in [-0.25, -0.2) is 0 Å². The fourth-order valence-electron chi connectivity index (χ4n) is 2.33. The first-order valence-corrected chi connectivity index (χ1v) is 9.44. The maximum Gasteiger partial charge on any atom is 0.325 e. The number of aliphatic hydroxyl groups excluding tert-OH is 1. The average Bonchev–Trinajstić information content (AvgIpc) is 2.62. The Balaban J connectivity index is 5.15. The van der Waals surface area contributed by atoms with Crippen LogP contribution in [0.1, 0.15) is 47.5 Å². The molecule has 5 unspecified atom stereocenters. The van der Waals surface area contributed by atoms with Crippen LogP contribution in [0, 0.1) is 11.8 Å². The van der Waals surface area contributed by atoms with Crippen LogP contribution in [0.4, 0.5) is 0 Å². The van der Waals surface area contributed by atoms with Gasteiger partial charge in [0.15, 0.2) is 0 Å². The molecule has 0 aliphatic carbocycles. The van der Waals surface area contributed by atoms with E-state index in [-0.39, 0.29) is 11.8 Å². The fraction of sp³-hybridized carbons (Fsp3) is 0.778. The lowest BCUT2D eigenvalue weighted by atomic mass is 9.97. The van der Waals surface area contributed by atoms with Crippen LogP contribution in [-0.2, 0) is 19.2 Å². The Morgan fingerprint density at radius 2 is 1.39 bits per heavy atom. The van der Waals surface area contributed by atoms with E-state index in [2.05, 4.69) is 16.0 Å². The third-order valence-electron chi connectivity index (χ3n) is 4.44. The second-order valence-corrected chi connectivity index (χ2v) is 7.41. The Hall–Kier alpha value is -2.20. The van der Waals surface area contributed by atoms with Crippen molar-refractivity contribution in [3.8, 4) is 0 Å². The van der Waals surface area contributed by atoms with Crippen molar-refractivity contribution in [2.45, 2.75) is 71.6 Å². The molecule has 7 N–H and O–H groups in total. The molecule has 0 aliphatic heterocycles. The number of aliphatic carboxylic acids is 1. The number of carboxylic acids is 1. The summed E-state index contributed by atoms with van der Waals surface area (Å²) in [5, 5.41) is 25.4. The number of carbonyl (C=O) groups excluding carboxylic acids is 3. The maximum absolute atomic E-state index is 12.6. The molecule has 0 fully saturated rings. The first kappa shape index (κ1) is 25.8. The first-order chi connectivity index (χ1) is 12.9. The minimum atomic E-state index is -1.34. The molecule has 0 saturated heterocycles. The van der Waals surface area contributed by atoms with Crippen molar-refractivity contribution in [2.75, 3.05) is 6.61 Å². The molecule has 3 amide bonds. The highest BCUT2D eigenvalue weighted by Crippen LogP contribution is 2.09. The molecular weight excluding hydrogens is 368 g/mol. The zero-order valence-corrected chi connectivity index (χ0v) is 17.2. The summed E-state index contributed by atoms with van der Waals surface area (Å²) in [5.41, 5.74) is 5.91. The Morgan fingerprint density at radius 3 is 1.82 bits per heavy atom.